The molecule has 0 aliphatic carbocycles. The minimum atomic E-state index is -0.505. The predicted molar refractivity (Wildman–Crippen MR) is 149 cm³/mol. The Balaban J connectivity index is 1.36. The number of hydrogen-bond donors (Lipinski definition) is 3. The van der Waals surface area contributed by atoms with Gasteiger partial charge in [0.05, 0.1) is 24.1 Å². The van der Waals surface area contributed by atoms with Gasteiger partial charge in [0.2, 0.25) is 0 Å². The third kappa shape index (κ3) is 7.78. The van der Waals surface area contributed by atoms with E-state index in [0.717, 1.165) is 38.3 Å². The molecule has 1 fully saturated rings. The van der Waals surface area contributed by atoms with Gasteiger partial charge < -0.3 is 10.4 Å². The lowest BCUT2D eigenvalue weighted by Gasteiger charge is -2.34. The molecule has 4 rings (SSSR count). The molecular weight excluding hydrogens is 553 g/mol. The molecule has 0 saturated carbocycles. The Kier molecular flexibility index (Phi) is 9.72. The van der Waals surface area contributed by atoms with Crippen LogP contribution >= 0.6 is 15.9 Å². The first-order chi connectivity index (χ1) is 18.4. The summed E-state index contributed by atoms with van der Waals surface area (Å²) < 4.78 is 13.7. The molecule has 1 heterocycles. The summed E-state index contributed by atoms with van der Waals surface area (Å²) in [7, 11) is 0. The Morgan fingerprint density at radius 1 is 0.947 bits per heavy atom. The molecule has 10 heteroatoms. The van der Waals surface area contributed by atoms with E-state index in [0.29, 0.717) is 27.8 Å². The quantitative estimate of drug-likeness (QED) is 0.264. The zero-order chi connectivity index (χ0) is 26.9. The zero-order valence-corrected chi connectivity index (χ0v) is 22.3. The molecule has 1 saturated heterocycles. The normalized spacial score (nSPS) is 14.5. The van der Waals surface area contributed by atoms with Gasteiger partial charge in [-0.2, -0.15) is 5.10 Å². The van der Waals surface area contributed by atoms with E-state index in [4.69, 9.17) is 5.11 Å². The summed E-state index contributed by atoms with van der Waals surface area (Å²) in [5.74, 6) is -1.20. The van der Waals surface area contributed by atoms with Gasteiger partial charge in [-0.15, -0.1) is 0 Å². The van der Waals surface area contributed by atoms with Crippen molar-refractivity contribution in [3.63, 3.8) is 0 Å². The van der Waals surface area contributed by atoms with Gasteiger partial charge in [-0.3, -0.25) is 19.4 Å². The van der Waals surface area contributed by atoms with Gasteiger partial charge in [0.15, 0.2) is 0 Å². The number of carbonyl (C=O) groups excluding carboxylic acids is 2. The molecule has 0 aromatic heterocycles. The summed E-state index contributed by atoms with van der Waals surface area (Å²) in [6.45, 7) is 5.42. The SMILES string of the molecule is O=C(Nc1ccc(Br)cc1C(=O)NN=Cc1ccc(F)cc1)c1ccc(CN2CCN(CCO)CC2)cc1. The number of aliphatic hydroxyl groups excluding tert-OH is 1. The number of nitrogens with zero attached hydrogens (tertiary/aromatic N) is 3. The van der Waals surface area contributed by atoms with Crippen LogP contribution in [0.4, 0.5) is 10.1 Å². The third-order valence-electron chi connectivity index (χ3n) is 6.23. The largest absolute Gasteiger partial charge is 0.395 e. The van der Waals surface area contributed by atoms with Gasteiger partial charge in [-0.25, -0.2) is 9.82 Å². The first kappa shape index (κ1) is 27.6. The summed E-state index contributed by atoms with van der Waals surface area (Å²) >= 11 is 3.36. The summed E-state index contributed by atoms with van der Waals surface area (Å²) in [6.07, 6.45) is 1.41. The number of aliphatic hydroxyl groups is 1. The fraction of sp³-hybridized carbons (Fsp3) is 0.250. The van der Waals surface area contributed by atoms with Crippen molar-refractivity contribution in [1.29, 1.82) is 0 Å². The fourth-order valence-electron chi connectivity index (χ4n) is 4.11. The van der Waals surface area contributed by atoms with Crippen molar-refractivity contribution < 1.29 is 19.1 Å². The lowest BCUT2D eigenvalue weighted by Crippen LogP contribution is -2.46. The van der Waals surface area contributed by atoms with E-state index >= 15 is 0 Å². The van der Waals surface area contributed by atoms with Crippen LogP contribution in [0, 0.1) is 5.82 Å². The van der Waals surface area contributed by atoms with Gasteiger partial charge in [0.25, 0.3) is 11.8 Å². The van der Waals surface area contributed by atoms with Crippen LogP contribution in [-0.2, 0) is 6.54 Å². The monoisotopic (exact) mass is 581 g/mol. The van der Waals surface area contributed by atoms with E-state index in [1.807, 2.05) is 12.1 Å². The molecule has 0 spiro atoms. The van der Waals surface area contributed by atoms with Crippen LogP contribution in [0.25, 0.3) is 0 Å². The van der Waals surface area contributed by atoms with Gasteiger partial charge in [0.1, 0.15) is 5.82 Å². The Bertz CT molecular complexity index is 1280. The number of benzene rings is 3. The number of anilines is 1. The second kappa shape index (κ2) is 13.4. The smallest absolute Gasteiger partial charge is 0.273 e. The van der Waals surface area contributed by atoms with Crippen molar-refractivity contribution in [2.75, 3.05) is 44.6 Å². The number of piperazine rings is 1. The van der Waals surface area contributed by atoms with E-state index in [-0.39, 0.29) is 23.9 Å². The van der Waals surface area contributed by atoms with Crippen LogP contribution < -0.4 is 10.7 Å². The van der Waals surface area contributed by atoms with Crippen LogP contribution in [0.3, 0.4) is 0 Å². The summed E-state index contributed by atoms with van der Waals surface area (Å²) in [5, 5.41) is 15.8. The number of nitrogens with one attached hydrogen (secondary N) is 2. The highest BCUT2D eigenvalue weighted by molar-refractivity contribution is 9.10. The van der Waals surface area contributed by atoms with Gasteiger partial charge >= 0.3 is 0 Å². The second-order valence-electron chi connectivity index (χ2n) is 8.93. The lowest BCUT2D eigenvalue weighted by molar-refractivity contribution is 0.0956. The van der Waals surface area contributed by atoms with Gasteiger partial charge in [-0.05, 0) is 53.6 Å². The van der Waals surface area contributed by atoms with Crippen LogP contribution in [-0.4, -0.2) is 72.3 Å². The van der Waals surface area contributed by atoms with E-state index in [2.05, 4.69) is 41.6 Å². The molecule has 2 amide bonds. The molecule has 3 N–H and O–H groups in total. The maximum atomic E-state index is 13.1. The molecular formula is C28H29BrFN5O3. The topological polar surface area (TPSA) is 97.3 Å². The van der Waals surface area contributed by atoms with Gasteiger partial charge in [0, 0.05) is 49.3 Å². The number of carbonyl (C=O) groups is 2. The van der Waals surface area contributed by atoms with E-state index in [9.17, 15) is 14.0 Å². The Morgan fingerprint density at radius 3 is 2.32 bits per heavy atom. The summed E-state index contributed by atoms with van der Waals surface area (Å²) in [6, 6.07) is 18.1. The predicted octanol–water partition coefficient (Wildman–Crippen LogP) is 3.71. The van der Waals surface area contributed by atoms with Crippen LogP contribution in [0.1, 0.15) is 31.8 Å². The minimum Gasteiger partial charge on any atom is -0.395 e. The van der Waals surface area contributed by atoms with Crippen molar-refractivity contribution in [2.45, 2.75) is 6.54 Å². The Hall–Kier alpha value is -3.44. The molecule has 38 heavy (non-hydrogen) atoms. The lowest BCUT2D eigenvalue weighted by atomic mass is 10.1. The molecule has 3 aromatic carbocycles. The van der Waals surface area contributed by atoms with Crippen molar-refractivity contribution in [2.24, 2.45) is 5.10 Å². The zero-order valence-electron chi connectivity index (χ0n) is 20.7. The van der Waals surface area contributed by atoms with Crippen LogP contribution in [0.2, 0.25) is 0 Å². The third-order valence-corrected chi connectivity index (χ3v) is 6.72. The van der Waals surface area contributed by atoms with Crippen molar-refractivity contribution >= 4 is 39.6 Å². The molecule has 0 unspecified atom stereocenters. The highest BCUT2D eigenvalue weighted by Gasteiger charge is 2.17. The maximum absolute atomic E-state index is 13.1. The fourth-order valence-corrected chi connectivity index (χ4v) is 4.48. The average Bonchev–Trinajstić information content (AvgIpc) is 2.92. The number of β-amino-alcohol motifs (C(OH)–C–C–N with tert-alkyl or cyclic N) is 1. The molecule has 0 bridgehead atoms. The molecule has 198 valence electrons. The van der Waals surface area contributed by atoms with Gasteiger partial charge in [-0.1, -0.05) is 40.2 Å². The molecule has 0 radical (unpaired) electrons. The Morgan fingerprint density at radius 2 is 1.63 bits per heavy atom. The maximum Gasteiger partial charge on any atom is 0.273 e. The molecule has 8 nitrogen and oxygen atoms in total. The highest BCUT2D eigenvalue weighted by Crippen LogP contribution is 2.22. The number of rotatable bonds is 9. The molecule has 3 aromatic rings. The number of hydrazone groups is 1. The first-order valence-electron chi connectivity index (χ1n) is 12.3. The Labute approximate surface area is 229 Å². The minimum absolute atomic E-state index is 0.182. The number of hydrogen-bond acceptors (Lipinski definition) is 6. The number of amides is 2. The van der Waals surface area contributed by atoms with Crippen LogP contribution in [0.5, 0.6) is 0 Å². The second-order valence-corrected chi connectivity index (χ2v) is 9.85. The van der Waals surface area contributed by atoms with Crippen molar-refractivity contribution in [3.8, 4) is 0 Å². The van der Waals surface area contributed by atoms with Crippen LogP contribution in [0.15, 0.2) is 76.3 Å². The molecule has 1 aliphatic heterocycles. The standard InChI is InChI=1S/C28H29BrFN5O3/c29-23-7-10-26(25(17-23)28(38)33-31-18-20-3-8-24(30)9-4-20)32-27(37)22-5-1-21(2-6-22)19-35-13-11-34(12-14-35)15-16-36/h1-10,17-18,36H,11-16,19H2,(H,32,37)(H,33,38). The van der Waals surface area contributed by atoms with E-state index in [1.165, 1.54) is 18.3 Å². The molecule has 1 aliphatic rings. The van der Waals surface area contributed by atoms with E-state index in [1.54, 1.807) is 42.5 Å². The van der Waals surface area contributed by atoms with E-state index < -0.39 is 5.91 Å². The molecule has 0 atom stereocenters. The average molecular weight is 582 g/mol. The summed E-state index contributed by atoms with van der Waals surface area (Å²) in [5.41, 5.74) is 5.24. The van der Waals surface area contributed by atoms with Crippen molar-refractivity contribution in [1.82, 2.24) is 15.2 Å². The van der Waals surface area contributed by atoms with Crippen molar-refractivity contribution in [3.05, 3.63) is 99.3 Å². The number of halogens is 2. The first-order valence-corrected chi connectivity index (χ1v) is 13.0. The summed E-state index contributed by atoms with van der Waals surface area (Å²) in [4.78, 5) is 30.3. The highest BCUT2D eigenvalue weighted by atomic mass is 79.9.